The minimum absolute atomic E-state index is 0.00707. The van der Waals surface area contributed by atoms with Crippen molar-refractivity contribution in [2.24, 2.45) is 13.0 Å². The highest BCUT2D eigenvalue weighted by atomic mass is 16.5. The van der Waals surface area contributed by atoms with Crippen molar-refractivity contribution in [2.45, 2.75) is 65.6 Å². The Labute approximate surface area is 157 Å². The summed E-state index contributed by atoms with van der Waals surface area (Å²) >= 11 is 0. The molecular formula is C20H33N5O. The van der Waals surface area contributed by atoms with E-state index in [0.29, 0.717) is 5.92 Å². The van der Waals surface area contributed by atoms with E-state index in [-0.39, 0.29) is 11.6 Å². The minimum atomic E-state index is -0.00707. The summed E-state index contributed by atoms with van der Waals surface area (Å²) < 4.78 is 9.84. The van der Waals surface area contributed by atoms with Gasteiger partial charge in [0.2, 0.25) is 0 Å². The Hall–Kier alpha value is -1.66. The lowest BCUT2D eigenvalue weighted by Gasteiger charge is -2.31. The van der Waals surface area contributed by atoms with Gasteiger partial charge in [0.1, 0.15) is 5.82 Å². The molecule has 26 heavy (non-hydrogen) atoms. The van der Waals surface area contributed by atoms with Gasteiger partial charge >= 0.3 is 0 Å². The third kappa shape index (κ3) is 3.86. The van der Waals surface area contributed by atoms with E-state index in [2.05, 4.69) is 61.2 Å². The molecule has 3 rings (SSSR count). The first-order chi connectivity index (χ1) is 12.3. The molecule has 2 aromatic rings. The van der Waals surface area contributed by atoms with Gasteiger partial charge in [0.15, 0.2) is 0 Å². The molecular weight excluding hydrogens is 326 g/mol. The normalized spacial score (nSPS) is 17.6. The maximum absolute atomic E-state index is 5.57. The lowest BCUT2D eigenvalue weighted by molar-refractivity contribution is 0.0518. The summed E-state index contributed by atoms with van der Waals surface area (Å²) in [4.78, 5) is 4.63. The number of hydrogen-bond donors (Lipinski definition) is 1. The van der Waals surface area contributed by atoms with Gasteiger partial charge in [0, 0.05) is 50.5 Å². The summed E-state index contributed by atoms with van der Waals surface area (Å²) in [6.45, 7) is 13.4. The molecule has 0 unspecified atom stereocenters. The predicted molar refractivity (Wildman–Crippen MR) is 103 cm³/mol. The van der Waals surface area contributed by atoms with Gasteiger partial charge in [-0.1, -0.05) is 0 Å². The van der Waals surface area contributed by atoms with Crippen LogP contribution >= 0.6 is 0 Å². The van der Waals surface area contributed by atoms with Crippen molar-refractivity contribution in [1.29, 1.82) is 0 Å². The van der Waals surface area contributed by atoms with Gasteiger partial charge < -0.3 is 14.6 Å². The van der Waals surface area contributed by atoms with Gasteiger partial charge in [-0.05, 0) is 53.4 Å². The molecule has 6 nitrogen and oxygen atoms in total. The zero-order valence-electron chi connectivity index (χ0n) is 17.0. The smallest absolute Gasteiger partial charge is 0.125 e. The Morgan fingerprint density at radius 3 is 2.50 bits per heavy atom. The van der Waals surface area contributed by atoms with Gasteiger partial charge in [-0.15, -0.1) is 0 Å². The molecule has 2 aromatic heterocycles. The highest BCUT2D eigenvalue weighted by Crippen LogP contribution is 2.30. The Morgan fingerprint density at radius 2 is 1.96 bits per heavy atom. The molecule has 3 heterocycles. The van der Waals surface area contributed by atoms with E-state index in [4.69, 9.17) is 9.84 Å². The zero-order chi connectivity index (χ0) is 18.9. The Bertz CT molecular complexity index is 734. The molecule has 0 amide bonds. The van der Waals surface area contributed by atoms with Crippen molar-refractivity contribution in [3.8, 4) is 0 Å². The van der Waals surface area contributed by atoms with Crippen LogP contribution in [-0.4, -0.2) is 32.5 Å². The fraction of sp³-hybridized carbons (Fsp3) is 0.700. The first-order valence-corrected chi connectivity index (χ1v) is 9.63. The van der Waals surface area contributed by atoms with E-state index in [1.54, 1.807) is 0 Å². The van der Waals surface area contributed by atoms with E-state index in [1.165, 1.54) is 11.3 Å². The van der Waals surface area contributed by atoms with Crippen molar-refractivity contribution >= 4 is 0 Å². The molecule has 0 saturated carbocycles. The van der Waals surface area contributed by atoms with Gasteiger partial charge in [-0.2, -0.15) is 5.10 Å². The average Bonchev–Trinajstić information content (AvgIpc) is 3.13. The summed E-state index contributed by atoms with van der Waals surface area (Å²) in [6.07, 6.45) is 6.06. The molecule has 0 aromatic carbocycles. The lowest BCUT2D eigenvalue weighted by Crippen LogP contribution is -2.34. The molecule has 1 aliphatic rings. The zero-order valence-corrected chi connectivity index (χ0v) is 17.0. The van der Waals surface area contributed by atoms with Crippen molar-refractivity contribution < 1.29 is 4.74 Å². The van der Waals surface area contributed by atoms with Crippen LogP contribution in [-0.2, 0) is 23.9 Å². The van der Waals surface area contributed by atoms with Crippen LogP contribution in [0.25, 0.3) is 0 Å². The highest BCUT2D eigenvalue weighted by molar-refractivity contribution is 5.25. The van der Waals surface area contributed by atoms with Crippen LogP contribution in [0, 0.1) is 19.8 Å². The molecule has 0 spiro atoms. The largest absolute Gasteiger partial charge is 0.381 e. The minimum Gasteiger partial charge on any atom is -0.381 e. The predicted octanol–water partition coefficient (Wildman–Crippen LogP) is 3.25. The maximum Gasteiger partial charge on any atom is 0.125 e. The first-order valence-electron chi connectivity index (χ1n) is 9.63. The number of aryl methyl sites for hydroxylation is 2. The van der Waals surface area contributed by atoms with Crippen molar-refractivity contribution in [3.63, 3.8) is 0 Å². The molecule has 1 fully saturated rings. The monoisotopic (exact) mass is 359 g/mol. The van der Waals surface area contributed by atoms with E-state index in [1.807, 2.05) is 12.4 Å². The SMILES string of the molecule is Cc1nn(C(C)(C)C)c(C)c1CN[C@H](c1nccn1C)C1CCOCC1. The standard InChI is InChI=1S/C20H33N5O/c1-14-17(15(2)25(23-14)20(3,4)5)13-22-18(16-7-11-26-12-8-16)19-21-9-10-24(19)6/h9-10,16,18,22H,7-8,11-13H2,1-6H3/t18-/m0/s1. The quantitative estimate of drug-likeness (QED) is 0.890. The molecule has 144 valence electrons. The van der Waals surface area contributed by atoms with Crippen LogP contribution in [0.4, 0.5) is 0 Å². The Kier molecular flexibility index (Phi) is 5.53. The molecule has 0 bridgehead atoms. The third-order valence-corrected chi connectivity index (χ3v) is 5.45. The van der Waals surface area contributed by atoms with Crippen LogP contribution in [0.15, 0.2) is 12.4 Å². The van der Waals surface area contributed by atoms with Crippen LogP contribution in [0.1, 0.15) is 62.4 Å². The van der Waals surface area contributed by atoms with E-state index < -0.39 is 0 Å². The van der Waals surface area contributed by atoms with Crippen molar-refractivity contribution in [1.82, 2.24) is 24.6 Å². The Morgan fingerprint density at radius 1 is 1.27 bits per heavy atom. The van der Waals surface area contributed by atoms with Crippen molar-refractivity contribution in [2.75, 3.05) is 13.2 Å². The number of nitrogens with zero attached hydrogens (tertiary/aromatic N) is 4. The van der Waals surface area contributed by atoms with E-state index >= 15 is 0 Å². The van der Waals surface area contributed by atoms with Crippen LogP contribution in [0.3, 0.4) is 0 Å². The molecule has 6 heteroatoms. The van der Waals surface area contributed by atoms with Crippen LogP contribution in [0.5, 0.6) is 0 Å². The molecule has 1 aliphatic heterocycles. The molecule has 1 atom stereocenters. The van der Waals surface area contributed by atoms with Crippen LogP contribution in [0.2, 0.25) is 0 Å². The fourth-order valence-corrected chi connectivity index (χ4v) is 3.99. The van der Waals surface area contributed by atoms with E-state index in [0.717, 1.165) is 44.1 Å². The second kappa shape index (κ2) is 7.53. The molecule has 1 N–H and O–H groups in total. The van der Waals surface area contributed by atoms with Crippen LogP contribution < -0.4 is 5.32 Å². The lowest BCUT2D eigenvalue weighted by atomic mass is 9.91. The fourth-order valence-electron chi connectivity index (χ4n) is 3.99. The average molecular weight is 360 g/mol. The maximum atomic E-state index is 5.57. The second-order valence-electron chi connectivity index (χ2n) is 8.44. The summed E-state index contributed by atoms with van der Waals surface area (Å²) in [5, 5.41) is 8.59. The summed E-state index contributed by atoms with van der Waals surface area (Å²) in [5.41, 5.74) is 3.64. The first kappa shape index (κ1) is 19.1. The third-order valence-electron chi connectivity index (χ3n) is 5.45. The molecule has 0 radical (unpaired) electrons. The number of ether oxygens (including phenoxy) is 1. The number of hydrogen-bond acceptors (Lipinski definition) is 4. The topological polar surface area (TPSA) is 56.9 Å². The van der Waals surface area contributed by atoms with E-state index in [9.17, 15) is 0 Å². The van der Waals surface area contributed by atoms with Crippen molar-refractivity contribution in [3.05, 3.63) is 35.2 Å². The summed E-state index contributed by atoms with van der Waals surface area (Å²) in [5.74, 6) is 1.65. The highest BCUT2D eigenvalue weighted by Gasteiger charge is 2.29. The van der Waals surface area contributed by atoms with Gasteiger partial charge in [-0.25, -0.2) is 4.98 Å². The number of imidazole rings is 1. The van der Waals surface area contributed by atoms with Gasteiger partial charge in [0.05, 0.1) is 17.3 Å². The number of nitrogens with one attached hydrogen (secondary N) is 1. The number of rotatable bonds is 5. The summed E-state index contributed by atoms with van der Waals surface area (Å²) in [6, 6.07) is 0.232. The number of aromatic nitrogens is 4. The summed E-state index contributed by atoms with van der Waals surface area (Å²) in [7, 11) is 2.07. The van der Waals surface area contributed by atoms with Gasteiger partial charge in [-0.3, -0.25) is 4.68 Å². The van der Waals surface area contributed by atoms with Gasteiger partial charge in [0.25, 0.3) is 0 Å². The second-order valence-corrected chi connectivity index (χ2v) is 8.44. The molecule has 0 aliphatic carbocycles. The Balaban J connectivity index is 1.82. The molecule has 1 saturated heterocycles.